The van der Waals surface area contributed by atoms with E-state index in [1.807, 2.05) is 65.9 Å². The summed E-state index contributed by atoms with van der Waals surface area (Å²) >= 11 is 1.83. The van der Waals surface area contributed by atoms with E-state index in [1.165, 1.54) is 31.3 Å². The van der Waals surface area contributed by atoms with Crippen LogP contribution in [0.4, 0.5) is 0 Å². The molecule has 0 aliphatic heterocycles. The fourth-order valence-electron chi connectivity index (χ4n) is 7.15. The monoisotopic (exact) mass is 682 g/mol. The van der Waals surface area contributed by atoms with Gasteiger partial charge in [0.25, 0.3) is 0 Å². The van der Waals surface area contributed by atoms with Crippen molar-refractivity contribution in [1.29, 1.82) is 5.26 Å². The number of hydrogen-bond donors (Lipinski definition) is 0. The van der Waals surface area contributed by atoms with Crippen LogP contribution in [0.2, 0.25) is 0 Å². The van der Waals surface area contributed by atoms with Gasteiger partial charge in [-0.3, -0.25) is 0 Å². The first kappa shape index (κ1) is 29.9. The van der Waals surface area contributed by atoms with E-state index in [-0.39, 0.29) is 0 Å². The third-order valence-electron chi connectivity index (χ3n) is 9.56. The lowest BCUT2D eigenvalue weighted by molar-refractivity contribution is 0.669. The minimum Gasteiger partial charge on any atom is -0.456 e. The highest BCUT2D eigenvalue weighted by Gasteiger charge is 2.18. The number of nitriles is 1. The molecule has 52 heavy (non-hydrogen) atoms. The summed E-state index contributed by atoms with van der Waals surface area (Å²) in [6.45, 7) is 0. The number of nitrogens with zero attached hydrogens (tertiary/aromatic N) is 4. The number of fused-ring (bicyclic) bond motifs is 6. The predicted molar refractivity (Wildman–Crippen MR) is 212 cm³/mol. The lowest BCUT2D eigenvalue weighted by Gasteiger charge is -2.10. The van der Waals surface area contributed by atoms with Crippen molar-refractivity contribution in [2.45, 2.75) is 0 Å². The van der Waals surface area contributed by atoms with Gasteiger partial charge in [0.05, 0.1) is 11.6 Å². The van der Waals surface area contributed by atoms with Crippen LogP contribution < -0.4 is 0 Å². The largest absolute Gasteiger partial charge is 0.456 e. The summed E-state index contributed by atoms with van der Waals surface area (Å²) in [5.41, 5.74) is 9.18. The van der Waals surface area contributed by atoms with E-state index in [2.05, 4.69) is 97.1 Å². The zero-order valence-corrected chi connectivity index (χ0v) is 28.4. The van der Waals surface area contributed by atoms with Gasteiger partial charge in [-0.15, -0.1) is 11.3 Å². The van der Waals surface area contributed by atoms with Gasteiger partial charge in [0, 0.05) is 47.6 Å². The molecule has 0 N–H and O–H groups in total. The Morgan fingerprint density at radius 2 is 1.06 bits per heavy atom. The summed E-state index contributed by atoms with van der Waals surface area (Å²) in [4.78, 5) is 14.7. The van der Waals surface area contributed by atoms with Gasteiger partial charge in [0.15, 0.2) is 17.5 Å². The Hall–Kier alpha value is -6.94. The second-order valence-electron chi connectivity index (χ2n) is 12.7. The Balaban J connectivity index is 1.09. The molecule has 0 saturated heterocycles. The SMILES string of the molecule is N#Cc1cccc(-c2nc(-c3ccccc3)nc(-c3cccc(-c4ccc5c(c4)oc4cccc(-c6cccc7sc8ccccc8c67)c45)c3)n2)c1. The Bertz CT molecular complexity index is 3050. The molecule has 3 heterocycles. The summed E-state index contributed by atoms with van der Waals surface area (Å²) in [5, 5.41) is 14.3. The average molecular weight is 683 g/mol. The van der Waals surface area contributed by atoms with Gasteiger partial charge < -0.3 is 4.42 Å². The molecule has 3 aromatic heterocycles. The number of benzene rings is 7. The van der Waals surface area contributed by atoms with Crippen LogP contribution in [0, 0.1) is 11.3 Å². The van der Waals surface area contributed by atoms with E-state index in [4.69, 9.17) is 19.4 Å². The fraction of sp³-hybridized carbons (Fsp3) is 0. The first-order valence-corrected chi connectivity index (χ1v) is 17.8. The van der Waals surface area contributed by atoms with E-state index in [1.54, 1.807) is 12.1 Å². The topological polar surface area (TPSA) is 75.6 Å². The van der Waals surface area contributed by atoms with Crippen LogP contribution in [0.25, 0.3) is 98.5 Å². The summed E-state index contributed by atoms with van der Waals surface area (Å²) < 4.78 is 9.14. The molecule has 0 bridgehead atoms. The van der Waals surface area contributed by atoms with Crippen molar-refractivity contribution in [1.82, 2.24) is 15.0 Å². The maximum Gasteiger partial charge on any atom is 0.164 e. The van der Waals surface area contributed by atoms with Crippen LogP contribution >= 0.6 is 11.3 Å². The van der Waals surface area contributed by atoms with Crippen molar-refractivity contribution in [2.24, 2.45) is 0 Å². The Kier molecular flexibility index (Phi) is 6.98. The lowest BCUT2D eigenvalue weighted by Crippen LogP contribution is -2.00. The molecule has 0 aliphatic rings. The van der Waals surface area contributed by atoms with Crippen LogP contribution in [-0.2, 0) is 0 Å². The minimum absolute atomic E-state index is 0.511. The van der Waals surface area contributed by atoms with Crippen LogP contribution in [0.1, 0.15) is 5.56 Å². The lowest BCUT2D eigenvalue weighted by atomic mass is 9.95. The molecular formula is C46H26N4OS. The van der Waals surface area contributed by atoms with Crippen molar-refractivity contribution < 1.29 is 4.42 Å². The molecule has 242 valence electrons. The molecule has 0 amide bonds. The molecule has 0 atom stereocenters. The van der Waals surface area contributed by atoms with Crippen LogP contribution in [0.5, 0.6) is 0 Å². The van der Waals surface area contributed by atoms with E-state index >= 15 is 0 Å². The molecule has 10 aromatic rings. The van der Waals surface area contributed by atoms with Gasteiger partial charge in [-0.05, 0) is 70.8 Å². The zero-order chi connectivity index (χ0) is 34.6. The molecule has 0 unspecified atom stereocenters. The summed E-state index contributed by atoms with van der Waals surface area (Å²) in [6.07, 6.45) is 0. The Morgan fingerprint density at radius 1 is 0.442 bits per heavy atom. The second kappa shape index (κ2) is 12.1. The van der Waals surface area contributed by atoms with E-state index in [0.717, 1.165) is 49.8 Å². The van der Waals surface area contributed by atoms with Crippen molar-refractivity contribution >= 4 is 53.4 Å². The van der Waals surface area contributed by atoms with Crippen molar-refractivity contribution in [3.8, 4) is 62.5 Å². The van der Waals surface area contributed by atoms with Gasteiger partial charge in [-0.25, -0.2) is 15.0 Å². The molecule has 0 radical (unpaired) electrons. The van der Waals surface area contributed by atoms with Crippen molar-refractivity contribution in [2.75, 3.05) is 0 Å². The Morgan fingerprint density at radius 3 is 1.88 bits per heavy atom. The van der Waals surface area contributed by atoms with E-state index in [9.17, 15) is 5.26 Å². The third kappa shape index (κ3) is 5.03. The standard InChI is InChI=1S/C46H26N4OS/c47-27-28-10-6-14-32(24-28)45-48-44(29-11-2-1-3-12-29)49-46(50-45)33-15-7-13-30(25-33)31-22-23-36-39(26-31)51-38-19-8-17-34(42(36)38)35-18-9-21-41-43(35)37-16-4-5-20-40(37)52-41/h1-26H. The highest BCUT2D eigenvalue weighted by Crippen LogP contribution is 2.44. The van der Waals surface area contributed by atoms with Gasteiger partial charge in [-0.2, -0.15) is 5.26 Å². The number of thiophene rings is 1. The fourth-order valence-corrected chi connectivity index (χ4v) is 8.28. The number of rotatable bonds is 5. The predicted octanol–water partition coefficient (Wildman–Crippen LogP) is 12.3. The molecule has 0 spiro atoms. The van der Waals surface area contributed by atoms with E-state index < -0.39 is 0 Å². The highest BCUT2D eigenvalue weighted by atomic mass is 32.1. The average Bonchev–Trinajstić information content (AvgIpc) is 3.79. The maximum absolute atomic E-state index is 9.54. The Labute approximate surface area is 302 Å². The quantitative estimate of drug-likeness (QED) is 0.181. The molecule has 6 heteroatoms. The van der Waals surface area contributed by atoms with Crippen LogP contribution in [-0.4, -0.2) is 15.0 Å². The molecular weight excluding hydrogens is 657 g/mol. The first-order chi connectivity index (χ1) is 25.7. The van der Waals surface area contributed by atoms with Crippen LogP contribution in [0.3, 0.4) is 0 Å². The first-order valence-electron chi connectivity index (χ1n) is 17.0. The zero-order valence-electron chi connectivity index (χ0n) is 27.6. The molecule has 5 nitrogen and oxygen atoms in total. The van der Waals surface area contributed by atoms with Gasteiger partial charge in [0.2, 0.25) is 0 Å². The second-order valence-corrected chi connectivity index (χ2v) is 13.8. The third-order valence-corrected chi connectivity index (χ3v) is 10.7. The molecule has 10 rings (SSSR count). The number of hydrogen-bond acceptors (Lipinski definition) is 6. The molecule has 0 aliphatic carbocycles. The minimum atomic E-state index is 0.511. The van der Waals surface area contributed by atoms with Crippen molar-refractivity contribution in [3.63, 3.8) is 0 Å². The normalized spacial score (nSPS) is 11.4. The van der Waals surface area contributed by atoms with Gasteiger partial charge in [0.1, 0.15) is 11.2 Å². The summed E-state index contributed by atoms with van der Waals surface area (Å²) in [6, 6.07) is 55.8. The van der Waals surface area contributed by atoms with Gasteiger partial charge in [-0.1, -0.05) is 109 Å². The molecule has 0 saturated carbocycles. The summed E-state index contributed by atoms with van der Waals surface area (Å²) in [7, 11) is 0. The van der Waals surface area contributed by atoms with Crippen LogP contribution in [0.15, 0.2) is 162 Å². The highest BCUT2D eigenvalue weighted by molar-refractivity contribution is 7.25. The van der Waals surface area contributed by atoms with Gasteiger partial charge >= 0.3 is 0 Å². The molecule has 0 fully saturated rings. The smallest absolute Gasteiger partial charge is 0.164 e. The number of aromatic nitrogens is 3. The molecule has 7 aromatic carbocycles. The van der Waals surface area contributed by atoms with Crippen molar-refractivity contribution in [3.05, 3.63) is 163 Å². The van der Waals surface area contributed by atoms with E-state index in [0.29, 0.717) is 23.0 Å². The maximum atomic E-state index is 9.54. The summed E-state index contributed by atoms with van der Waals surface area (Å²) in [5.74, 6) is 1.63. The number of furan rings is 1.